The third-order valence-electron chi connectivity index (χ3n) is 0.992. The molecule has 0 bridgehead atoms. The molecule has 5 nitrogen and oxygen atoms in total. The molecule has 0 heterocycles. The number of hydrogen-bond donors (Lipinski definition) is 0. The zero-order valence-electron chi connectivity index (χ0n) is 7.07. The van der Waals surface area contributed by atoms with Crippen molar-refractivity contribution in [2.24, 2.45) is 0 Å². The van der Waals surface area contributed by atoms with Gasteiger partial charge in [0.25, 0.3) is 0 Å². The first-order chi connectivity index (χ1) is 6.15. The fraction of sp³-hybridized carbons (Fsp3) is 0.286. The summed E-state index contributed by atoms with van der Waals surface area (Å²) in [4.78, 5) is 21.5. The standard InChI is InChI=1S/C7H7NO4S/c1-11-6(9)3-5(13-4-8)7(10)12-2/h3H,1-2H3/b5-3+. The second-order valence-corrected chi connectivity index (χ2v) is 2.54. The first kappa shape index (κ1) is 11.5. The number of thiocyanates is 1. The molecule has 0 aromatic rings. The van der Waals surface area contributed by atoms with Crippen LogP contribution in [0.15, 0.2) is 11.0 Å². The van der Waals surface area contributed by atoms with Gasteiger partial charge in [0.15, 0.2) is 0 Å². The lowest BCUT2D eigenvalue weighted by Crippen LogP contribution is -2.05. The Kier molecular flexibility index (Phi) is 5.39. The highest BCUT2D eigenvalue weighted by molar-refractivity contribution is 8.08. The monoisotopic (exact) mass is 201 g/mol. The highest BCUT2D eigenvalue weighted by Crippen LogP contribution is 2.15. The van der Waals surface area contributed by atoms with E-state index in [0.717, 1.165) is 13.2 Å². The number of hydrogen-bond acceptors (Lipinski definition) is 6. The zero-order valence-corrected chi connectivity index (χ0v) is 7.88. The van der Waals surface area contributed by atoms with Crippen LogP contribution in [-0.4, -0.2) is 26.2 Å². The van der Waals surface area contributed by atoms with Gasteiger partial charge in [0.05, 0.1) is 14.2 Å². The van der Waals surface area contributed by atoms with Gasteiger partial charge < -0.3 is 9.47 Å². The number of carbonyl (C=O) groups excluding carboxylic acids is 2. The Morgan fingerprint density at radius 1 is 1.38 bits per heavy atom. The summed E-state index contributed by atoms with van der Waals surface area (Å²) < 4.78 is 8.60. The van der Waals surface area contributed by atoms with Gasteiger partial charge >= 0.3 is 11.9 Å². The van der Waals surface area contributed by atoms with Gasteiger partial charge in [0.2, 0.25) is 0 Å². The topological polar surface area (TPSA) is 76.4 Å². The summed E-state index contributed by atoms with van der Waals surface area (Å²) in [5.74, 6) is -1.44. The molecular weight excluding hydrogens is 194 g/mol. The zero-order chi connectivity index (χ0) is 10.3. The Labute approximate surface area is 79.3 Å². The lowest BCUT2D eigenvalue weighted by Gasteiger charge is -1.98. The first-order valence-electron chi connectivity index (χ1n) is 3.09. The van der Waals surface area contributed by atoms with Crippen LogP contribution in [0.5, 0.6) is 0 Å². The largest absolute Gasteiger partial charge is 0.466 e. The molecule has 0 fully saturated rings. The van der Waals surface area contributed by atoms with Gasteiger partial charge in [0.1, 0.15) is 10.3 Å². The van der Waals surface area contributed by atoms with Crippen LogP contribution in [-0.2, 0) is 19.1 Å². The predicted molar refractivity (Wildman–Crippen MR) is 45.3 cm³/mol. The summed E-state index contributed by atoms with van der Waals surface area (Å²) in [6.45, 7) is 0. The first-order valence-corrected chi connectivity index (χ1v) is 3.91. The highest BCUT2D eigenvalue weighted by atomic mass is 32.2. The van der Waals surface area contributed by atoms with Crippen LogP contribution in [0.1, 0.15) is 0 Å². The molecule has 0 aromatic carbocycles. The van der Waals surface area contributed by atoms with E-state index in [1.807, 2.05) is 0 Å². The molecule has 0 spiro atoms. The minimum Gasteiger partial charge on any atom is -0.466 e. The van der Waals surface area contributed by atoms with E-state index in [2.05, 4.69) is 9.47 Å². The molecule has 0 aliphatic carbocycles. The number of nitrogens with zero attached hydrogens (tertiary/aromatic N) is 1. The average Bonchev–Trinajstić information content (AvgIpc) is 2.15. The number of ether oxygens (including phenoxy) is 2. The highest BCUT2D eigenvalue weighted by Gasteiger charge is 2.12. The van der Waals surface area contributed by atoms with Crippen molar-refractivity contribution in [2.45, 2.75) is 0 Å². The second-order valence-electron chi connectivity index (χ2n) is 1.72. The lowest BCUT2D eigenvalue weighted by molar-refractivity contribution is -0.137. The molecule has 0 saturated carbocycles. The van der Waals surface area contributed by atoms with Crippen LogP contribution in [0.2, 0.25) is 0 Å². The Bertz CT molecular complexity index is 279. The van der Waals surface area contributed by atoms with Crippen molar-refractivity contribution in [3.8, 4) is 5.40 Å². The van der Waals surface area contributed by atoms with E-state index in [4.69, 9.17) is 5.26 Å². The quantitative estimate of drug-likeness (QED) is 0.374. The predicted octanol–water partition coefficient (Wildman–Crippen LogP) is 0.431. The van der Waals surface area contributed by atoms with Gasteiger partial charge in [-0.15, -0.1) is 0 Å². The average molecular weight is 201 g/mol. The second kappa shape index (κ2) is 6.08. The number of methoxy groups -OCH3 is 2. The van der Waals surface area contributed by atoms with Crippen LogP contribution in [0.3, 0.4) is 0 Å². The molecular formula is C7H7NO4S. The molecule has 0 saturated heterocycles. The van der Waals surface area contributed by atoms with Crippen molar-refractivity contribution in [2.75, 3.05) is 14.2 Å². The van der Waals surface area contributed by atoms with E-state index in [0.29, 0.717) is 11.8 Å². The van der Waals surface area contributed by atoms with Crippen molar-refractivity contribution in [1.29, 1.82) is 5.26 Å². The van der Waals surface area contributed by atoms with Gasteiger partial charge in [-0.3, -0.25) is 0 Å². The summed E-state index contributed by atoms with van der Waals surface area (Å²) in [5, 5.41) is 9.93. The van der Waals surface area contributed by atoms with Crippen LogP contribution < -0.4 is 0 Å². The van der Waals surface area contributed by atoms with Gasteiger partial charge in [-0.25, -0.2) is 9.59 Å². The van der Waals surface area contributed by atoms with E-state index >= 15 is 0 Å². The maximum Gasteiger partial charge on any atom is 0.345 e. The van der Waals surface area contributed by atoms with Crippen LogP contribution in [0.4, 0.5) is 0 Å². The van der Waals surface area contributed by atoms with Crippen molar-refractivity contribution in [1.82, 2.24) is 0 Å². The molecule has 0 unspecified atom stereocenters. The Hall–Kier alpha value is -1.48. The van der Waals surface area contributed by atoms with Crippen LogP contribution in [0.25, 0.3) is 0 Å². The smallest absolute Gasteiger partial charge is 0.345 e. The number of thioether (sulfide) groups is 1. The van der Waals surface area contributed by atoms with E-state index in [9.17, 15) is 9.59 Å². The molecule has 70 valence electrons. The molecule has 0 aromatic heterocycles. The maximum absolute atomic E-state index is 10.9. The minimum absolute atomic E-state index is 0.100. The maximum atomic E-state index is 10.9. The molecule has 0 N–H and O–H groups in total. The fourth-order valence-corrected chi connectivity index (χ4v) is 0.866. The molecule has 0 radical (unpaired) electrons. The van der Waals surface area contributed by atoms with Crippen molar-refractivity contribution >= 4 is 23.7 Å². The van der Waals surface area contributed by atoms with Gasteiger partial charge in [0, 0.05) is 6.08 Å². The Morgan fingerprint density at radius 2 is 2.00 bits per heavy atom. The SMILES string of the molecule is COC(=O)/C=C(/SC#N)C(=O)OC. The van der Waals surface area contributed by atoms with Crippen LogP contribution in [0, 0.1) is 10.7 Å². The molecule has 0 rings (SSSR count). The number of nitriles is 1. The molecule has 0 aliphatic rings. The summed E-state index contributed by atoms with van der Waals surface area (Å²) >= 11 is 0.544. The molecule has 6 heteroatoms. The van der Waals surface area contributed by atoms with E-state index in [-0.39, 0.29) is 4.91 Å². The van der Waals surface area contributed by atoms with Gasteiger partial charge in [-0.1, -0.05) is 0 Å². The normalized spacial score (nSPS) is 10.1. The number of esters is 2. The Morgan fingerprint density at radius 3 is 2.38 bits per heavy atom. The van der Waals surface area contributed by atoms with Crippen molar-refractivity contribution in [3.63, 3.8) is 0 Å². The summed E-state index contributed by atoms with van der Waals surface area (Å²) in [6.07, 6.45) is 0.902. The third-order valence-corrected chi connectivity index (χ3v) is 1.59. The van der Waals surface area contributed by atoms with E-state index in [1.54, 1.807) is 5.40 Å². The summed E-state index contributed by atoms with van der Waals surface area (Å²) in [7, 11) is 2.33. The van der Waals surface area contributed by atoms with E-state index in [1.165, 1.54) is 7.11 Å². The summed E-state index contributed by atoms with van der Waals surface area (Å²) in [5.41, 5.74) is 0. The van der Waals surface area contributed by atoms with Crippen molar-refractivity contribution in [3.05, 3.63) is 11.0 Å². The minimum atomic E-state index is -0.739. The van der Waals surface area contributed by atoms with Gasteiger partial charge in [-0.2, -0.15) is 5.26 Å². The number of rotatable bonds is 3. The lowest BCUT2D eigenvalue weighted by atomic mass is 10.5. The fourth-order valence-electron chi connectivity index (χ4n) is 0.446. The number of carbonyl (C=O) groups is 2. The summed E-state index contributed by atoms with van der Waals surface area (Å²) in [6, 6.07) is 0. The van der Waals surface area contributed by atoms with Crippen molar-refractivity contribution < 1.29 is 19.1 Å². The molecule has 0 aliphatic heterocycles. The van der Waals surface area contributed by atoms with Gasteiger partial charge in [-0.05, 0) is 11.8 Å². The molecule has 0 amide bonds. The van der Waals surface area contributed by atoms with Crippen LogP contribution >= 0.6 is 11.8 Å². The molecule has 13 heavy (non-hydrogen) atoms. The Balaban J connectivity index is 4.61. The molecule has 0 atom stereocenters. The third kappa shape index (κ3) is 4.18. The van der Waals surface area contributed by atoms with E-state index < -0.39 is 11.9 Å².